The van der Waals surface area contributed by atoms with Crippen LogP contribution in [0.15, 0.2) is 18.2 Å². The molecule has 6 nitrogen and oxygen atoms in total. The van der Waals surface area contributed by atoms with Crippen LogP contribution in [0.1, 0.15) is 30.1 Å². The number of benzene rings is 1. The average molecular weight is 296 g/mol. The highest BCUT2D eigenvalue weighted by Gasteiger charge is 2.30. The Kier molecular flexibility index (Phi) is 4.42. The van der Waals surface area contributed by atoms with E-state index in [1.54, 1.807) is 0 Å². The van der Waals surface area contributed by atoms with Gasteiger partial charge < -0.3 is 20.5 Å². The fourth-order valence-corrected chi connectivity index (χ4v) is 2.28. The topological polar surface area (TPSA) is 87.7 Å². The second-order valence-electron chi connectivity index (χ2n) is 5.26. The molecule has 1 aliphatic heterocycles. The number of ether oxygens (including phenoxy) is 1. The predicted molar refractivity (Wildman–Crippen MR) is 74.0 cm³/mol. The summed E-state index contributed by atoms with van der Waals surface area (Å²) in [5, 5.41) is 14.0. The molecule has 0 saturated carbocycles. The number of carboxylic acids is 1. The van der Waals surface area contributed by atoms with Crippen LogP contribution in [0.3, 0.4) is 0 Å². The number of anilines is 1. The molecule has 0 aromatic heterocycles. The zero-order valence-electron chi connectivity index (χ0n) is 11.6. The van der Waals surface area contributed by atoms with Crippen molar-refractivity contribution in [2.45, 2.75) is 25.3 Å². The van der Waals surface area contributed by atoms with Gasteiger partial charge in [-0.25, -0.2) is 14.0 Å². The van der Waals surface area contributed by atoms with E-state index in [-0.39, 0.29) is 11.3 Å². The van der Waals surface area contributed by atoms with E-state index >= 15 is 0 Å². The van der Waals surface area contributed by atoms with Crippen molar-refractivity contribution < 1.29 is 23.8 Å². The maximum absolute atomic E-state index is 13.7. The average Bonchev–Trinajstić information content (AvgIpc) is 2.41. The highest BCUT2D eigenvalue weighted by molar-refractivity contribution is 6.00. The molecule has 0 radical (unpaired) electrons. The predicted octanol–water partition coefficient (Wildman–Crippen LogP) is 2.21. The van der Waals surface area contributed by atoms with Crippen molar-refractivity contribution in [1.82, 2.24) is 5.32 Å². The second-order valence-corrected chi connectivity index (χ2v) is 5.26. The second kappa shape index (κ2) is 6.09. The maximum Gasteiger partial charge on any atom is 0.337 e. The fourth-order valence-electron chi connectivity index (χ4n) is 2.28. The molecule has 7 heteroatoms. The molecule has 1 aromatic rings. The number of rotatable bonds is 3. The largest absolute Gasteiger partial charge is 0.478 e. The van der Waals surface area contributed by atoms with Crippen LogP contribution in [0.4, 0.5) is 14.9 Å². The normalized spacial score (nSPS) is 21.6. The summed E-state index contributed by atoms with van der Waals surface area (Å²) in [7, 11) is 0. The smallest absolute Gasteiger partial charge is 0.337 e. The molecule has 1 aromatic carbocycles. The fraction of sp³-hybridized carbons (Fsp3) is 0.429. The molecule has 1 heterocycles. The van der Waals surface area contributed by atoms with Gasteiger partial charge in [0.1, 0.15) is 5.82 Å². The molecule has 3 N–H and O–H groups in total. The highest BCUT2D eigenvalue weighted by atomic mass is 19.1. The molecule has 2 rings (SSSR count). The minimum absolute atomic E-state index is 0.296. The Bertz CT molecular complexity index is 556. The molecule has 0 spiro atoms. The van der Waals surface area contributed by atoms with Crippen molar-refractivity contribution in [2.75, 3.05) is 18.5 Å². The molecular weight excluding hydrogens is 279 g/mol. The number of hydrogen-bond acceptors (Lipinski definition) is 3. The number of urea groups is 1. The van der Waals surface area contributed by atoms with Gasteiger partial charge in [-0.1, -0.05) is 6.07 Å². The minimum Gasteiger partial charge on any atom is -0.478 e. The summed E-state index contributed by atoms with van der Waals surface area (Å²) in [6.07, 6.45) is 1.56. The molecule has 1 aliphatic rings. The third kappa shape index (κ3) is 3.69. The van der Waals surface area contributed by atoms with Gasteiger partial charge in [0.05, 0.1) is 23.4 Å². The zero-order chi connectivity index (χ0) is 15.5. The van der Waals surface area contributed by atoms with Crippen LogP contribution in [0.25, 0.3) is 0 Å². The van der Waals surface area contributed by atoms with E-state index in [0.717, 1.165) is 18.9 Å². The first-order valence-electron chi connectivity index (χ1n) is 6.60. The number of aromatic carboxylic acids is 1. The number of para-hydroxylation sites is 1. The molecule has 2 amide bonds. The van der Waals surface area contributed by atoms with Gasteiger partial charge in [-0.15, -0.1) is 0 Å². The lowest BCUT2D eigenvalue weighted by Gasteiger charge is -2.34. The molecule has 1 saturated heterocycles. The Morgan fingerprint density at radius 1 is 1.43 bits per heavy atom. The first-order valence-corrected chi connectivity index (χ1v) is 6.60. The van der Waals surface area contributed by atoms with Crippen molar-refractivity contribution in [3.8, 4) is 0 Å². The molecule has 0 aliphatic carbocycles. The number of halogens is 1. The van der Waals surface area contributed by atoms with Crippen molar-refractivity contribution >= 4 is 17.7 Å². The standard InChI is InChI=1S/C14H17FN2O4/c1-14(6-3-7-21-8-14)17-13(20)16-11-9(12(18)19)4-2-5-10(11)15/h2,4-5H,3,6-8H2,1H3,(H,18,19)(H2,16,17,20). The maximum atomic E-state index is 13.7. The lowest BCUT2D eigenvalue weighted by atomic mass is 9.95. The van der Waals surface area contributed by atoms with Gasteiger partial charge >= 0.3 is 12.0 Å². The molecule has 21 heavy (non-hydrogen) atoms. The van der Waals surface area contributed by atoms with E-state index in [2.05, 4.69) is 10.6 Å². The van der Waals surface area contributed by atoms with Crippen LogP contribution in [0.2, 0.25) is 0 Å². The van der Waals surface area contributed by atoms with Crippen molar-refractivity contribution in [2.24, 2.45) is 0 Å². The third-order valence-corrected chi connectivity index (χ3v) is 3.34. The van der Waals surface area contributed by atoms with Gasteiger partial charge in [0, 0.05) is 6.61 Å². The van der Waals surface area contributed by atoms with Gasteiger partial charge in [-0.2, -0.15) is 0 Å². The lowest BCUT2D eigenvalue weighted by Crippen LogP contribution is -2.53. The van der Waals surface area contributed by atoms with E-state index in [1.165, 1.54) is 12.1 Å². The summed E-state index contributed by atoms with van der Waals surface area (Å²) in [6, 6.07) is 2.94. The van der Waals surface area contributed by atoms with Gasteiger partial charge in [0.2, 0.25) is 0 Å². The summed E-state index contributed by atoms with van der Waals surface area (Å²) < 4.78 is 19.0. The van der Waals surface area contributed by atoms with E-state index < -0.39 is 23.4 Å². The summed E-state index contributed by atoms with van der Waals surface area (Å²) >= 11 is 0. The number of carboxylic acid groups (broad SMARTS) is 1. The summed E-state index contributed by atoms with van der Waals surface area (Å²) in [5.74, 6) is -2.10. The molecular formula is C14H17FN2O4. The van der Waals surface area contributed by atoms with Crippen LogP contribution >= 0.6 is 0 Å². The molecule has 0 bridgehead atoms. The van der Waals surface area contributed by atoms with E-state index in [1.807, 2.05) is 6.92 Å². The summed E-state index contributed by atoms with van der Waals surface area (Å²) in [5.41, 5.74) is -1.19. The Hall–Kier alpha value is -2.15. The van der Waals surface area contributed by atoms with Crippen LogP contribution in [-0.4, -0.2) is 35.9 Å². The Labute approximate surface area is 121 Å². The highest BCUT2D eigenvalue weighted by Crippen LogP contribution is 2.21. The van der Waals surface area contributed by atoms with E-state index in [9.17, 15) is 14.0 Å². The third-order valence-electron chi connectivity index (χ3n) is 3.34. The number of amides is 2. The summed E-state index contributed by atoms with van der Waals surface area (Å²) in [4.78, 5) is 23.0. The van der Waals surface area contributed by atoms with Crippen LogP contribution in [0, 0.1) is 5.82 Å². The molecule has 1 unspecified atom stereocenters. The quantitative estimate of drug-likeness (QED) is 0.798. The Balaban J connectivity index is 2.11. The van der Waals surface area contributed by atoms with Crippen LogP contribution in [-0.2, 0) is 4.74 Å². The first kappa shape index (κ1) is 15.2. The monoisotopic (exact) mass is 296 g/mol. The minimum atomic E-state index is -1.31. The van der Waals surface area contributed by atoms with Crippen LogP contribution < -0.4 is 10.6 Å². The van der Waals surface area contributed by atoms with Gasteiger partial charge in [-0.3, -0.25) is 0 Å². The number of nitrogens with one attached hydrogen (secondary N) is 2. The van der Waals surface area contributed by atoms with Crippen LogP contribution in [0.5, 0.6) is 0 Å². The van der Waals surface area contributed by atoms with E-state index in [4.69, 9.17) is 9.84 Å². The van der Waals surface area contributed by atoms with Gasteiger partial charge in [0.25, 0.3) is 0 Å². The Morgan fingerprint density at radius 2 is 2.19 bits per heavy atom. The number of carbonyl (C=O) groups excluding carboxylic acids is 1. The molecule has 1 atom stereocenters. The first-order chi connectivity index (χ1) is 9.91. The van der Waals surface area contributed by atoms with E-state index in [0.29, 0.717) is 13.2 Å². The zero-order valence-corrected chi connectivity index (χ0v) is 11.6. The van der Waals surface area contributed by atoms with Crippen molar-refractivity contribution in [3.05, 3.63) is 29.6 Å². The number of carbonyl (C=O) groups is 2. The van der Waals surface area contributed by atoms with Gasteiger partial charge in [0.15, 0.2) is 0 Å². The number of hydrogen-bond donors (Lipinski definition) is 3. The summed E-state index contributed by atoms with van der Waals surface area (Å²) in [6.45, 7) is 2.84. The van der Waals surface area contributed by atoms with Crippen molar-refractivity contribution in [3.63, 3.8) is 0 Å². The Morgan fingerprint density at radius 3 is 2.81 bits per heavy atom. The molecule has 1 fully saturated rings. The van der Waals surface area contributed by atoms with Crippen molar-refractivity contribution in [1.29, 1.82) is 0 Å². The van der Waals surface area contributed by atoms with Gasteiger partial charge in [-0.05, 0) is 31.9 Å². The molecule has 114 valence electrons. The lowest BCUT2D eigenvalue weighted by molar-refractivity contribution is 0.0342. The SMILES string of the molecule is CC1(NC(=O)Nc2c(F)cccc2C(=O)O)CCCOC1.